The van der Waals surface area contributed by atoms with Crippen molar-refractivity contribution in [1.82, 2.24) is 10.2 Å². The van der Waals surface area contributed by atoms with Gasteiger partial charge in [-0.2, -0.15) is 0 Å². The van der Waals surface area contributed by atoms with Crippen molar-refractivity contribution in [2.45, 2.75) is 75.9 Å². The largest absolute Gasteiger partial charge is 0.501 e. The van der Waals surface area contributed by atoms with E-state index >= 15 is 0 Å². The van der Waals surface area contributed by atoms with Crippen molar-refractivity contribution in [2.24, 2.45) is 5.41 Å². The number of hydrogen-bond donors (Lipinski definition) is 1. The molecule has 3 aliphatic carbocycles. The highest BCUT2D eigenvalue weighted by Crippen LogP contribution is 2.60. The lowest BCUT2D eigenvalue weighted by molar-refractivity contribution is -0.138. The van der Waals surface area contributed by atoms with Crippen molar-refractivity contribution >= 4 is 23.2 Å². The second-order valence-electron chi connectivity index (χ2n) is 9.93. The first-order chi connectivity index (χ1) is 15.5. The summed E-state index contributed by atoms with van der Waals surface area (Å²) in [5, 5.41) is 4.19. The van der Waals surface area contributed by atoms with Gasteiger partial charge in [0.1, 0.15) is 0 Å². The molecule has 2 saturated carbocycles. The normalized spacial score (nSPS) is 32.0. The van der Waals surface area contributed by atoms with Crippen LogP contribution >= 0.6 is 12.2 Å². The first-order valence-corrected chi connectivity index (χ1v) is 12.4. The average molecular weight is 455 g/mol. The molecule has 5 rings (SSSR count). The van der Waals surface area contributed by atoms with Crippen LogP contribution in [-0.4, -0.2) is 42.8 Å². The van der Waals surface area contributed by atoms with E-state index in [1.54, 1.807) is 19.1 Å². The van der Waals surface area contributed by atoms with Crippen LogP contribution in [0.2, 0.25) is 0 Å². The zero-order chi connectivity index (χ0) is 22.5. The van der Waals surface area contributed by atoms with Gasteiger partial charge in [-0.1, -0.05) is 18.2 Å². The number of hydrogen-bond acceptors (Lipinski definition) is 4. The summed E-state index contributed by atoms with van der Waals surface area (Å²) in [7, 11) is 3.48. The Balaban J connectivity index is 1.54. The zero-order valence-corrected chi connectivity index (χ0v) is 20.2. The molecule has 1 aromatic carbocycles. The summed E-state index contributed by atoms with van der Waals surface area (Å²) in [6.45, 7) is 2.49. The molecule has 0 bridgehead atoms. The van der Waals surface area contributed by atoms with Crippen LogP contribution in [0.15, 0.2) is 30.0 Å². The first kappa shape index (κ1) is 21.9. The number of methoxy groups -OCH3 is 2. The van der Waals surface area contributed by atoms with E-state index in [0.29, 0.717) is 24.0 Å². The molecular weight excluding hydrogens is 420 g/mol. The number of ether oxygens (including phenoxy) is 2. The van der Waals surface area contributed by atoms with Gasteiger partial charge in [-0.05, 0) is 92.8 Å². The highest BCUT2D eigenvalue weighted by molar-refractivity contribution is 7.80. The molecule has 1 atom stereocenters. The Hall–Kier alpha value is -1.92. The van der Waals surface area contributed by atoms with Crippen LogP contribution in [0.25, 0.3) is 0 Å². The molecule has 1 N–H and O–H groups in total. The fourth-order valence-corrected chi connectivity index (χ4v) is 6.72. The minimum atomic E-state index is -0.758. The Morgan fingerprint density at radius 2 is 2.00 bits per heavy atom. The fraction of sp³-hybridized carbons (Fsp3) is 0.615. The van der Waals surface area contributed by atoms with E-state index < -0.39 is 5.54 Å². The van der Waals surface area contributed by atoms with Crippen LogP contribution < -0.4 is 5.32 Å². The average Bonchev–Trinajstić information content (AvgIpc) is 3.58. The summed E-state index contributed by atoms with van der Waals surface area (Å²) < 4.78 is 11.1. The van der Waals surface area contributed by atoms with Crippen molar-refractivity contribution in [3.8, 4) is 0 Å². The van der Waals surface area contributed by atoms with Gasteiger partial charge in [0.15, 0.2) is 10.7 Å². The van der Waals surface area contributed by atoms with Gasteiger partial charge in [-0.15, -0.1) is 0 Å². The number of rotatable bonds is 6. The van der Waals surface area contributed by atoms with E-state index in [9.17, 15) is 4.79 Å². The summed E-state index contributed by atoms with van der Waals surface area (Å²) >= 11 is 5.78. The number of carbonyl (C=O) groups excluding carboxylic acids is 1. The molecule has 5 nitrogen and oxygen atoms in total. The van der Waals surface area contributed by atoms with Gasteiger partial charge in [-0.25, -0.2) is 0 Å². The maximum absolute atomic E-state index is 14.3. The Bertz CT molecular complexity index is 962. The molecule has 172 valence electrons. The van der Waals surface area contributed by atoms with Gasteiger partial charge < -0.3 is 14.8 Å². The molecule has 3 fully saturated rings. The number of allylic oxidation sites excluding steroid dienone is 1. The van der Waals surface area contributed by atoms with E-state index in [4.69, 9.17) is 21.7 Å². The molecule has 1 amide bonds. The van der Waals surface area contributed by atoms with Crippen LogP contribution in [-0.2, 0) is 26.2 Å². The van der Waals surface area contributed by atoms with Crippen molar-refractivity contribution in [3.63, 3.8) is 0 Å². The van der Waals surface area contributed by atoms with Crippen LogP contribution in [0, 0.1) is 5.41 Å². The van der Waals surface area contributed by atoms with E-state index in [-0.39, 0.29) is 17.4 Å². The highest BCUT2D eigenvalue weighted by Gasteiger charge is 2.67. The lowest BCUT2D eigenvalue weighted by Crippen LogP contribution is -2.56. The summed E-state index contributed by atoms with van der Waals surface area (Å²) in [4.78, 5) is 16.1. The minimum absolute atomic E-state index is 0.122. The second-order valence-corrected chi connectivity index (χ2v) is 10.3. The number of benzene rings is 1. The molecule has 32 heavy (non-hydrogen) atoms. The number of thiocarbonyl (C=S) groups is 1. The van der Waals surface area contributed by atoms with Crippen LogP contribution in [0.3, 0.4) is 0 Å². The second kappa shape index (κ2) is 8.14. The number of carbonyl (C=O) groups is 1. The molecule has 1 saturated heterocycles. The number of nitrogens with one attached hydrogen (secondary N) is 1. The third-order valence-corrected chi connectivity index (χ3v) is 8.73. The maximum atomic E-state index is 14.3. The summed E-state index contributed by atoms with van der Waals surface area (Å²) in [5.74, 6) is 1.65. The van der Waals surface area contributed by atoms with Gasteiger partial charge >= 0.3 is 0 Å². The maximum Gasteiger partial charge on any atom is 0.259 e. The van der Waals surface area contributed by atoms with Crippen LogP contribution in [0.1, 0.15) is 74.5 Å². The van der Waals surface area contributed by atoms with Crippen molar-refractivity contribution in [3.05, 3.63) is 46.7 Å². The van der Waals surface area contributed by atoms with Crippen molar-refractivity contribution in [2.75, 3.05) is 20.8 Å². The molecular formula is C26H34N2O3S. The van der Waals surface area contributed by atoms with E-state index in [0.717, 1.165) is 37.9 Å². The standard InChI is InChI=1S/C26H34N2O3S/c1-4-20(30-2)11-14-28-23(29)26(27-24(28)32)22-15-18(17-5-6-17)7-8-19(22)16-25(26)12-9-21(31-3)10-13-25/h4,7-8,15,17,21H,5-6,9-14,16H2,1-3H3,(H,27,32)/b20-4-. The molecule has 6 heteroatoms. The molecule has 4 aliphatic rings. The van der Waals surface area contributed by atoms with Gasteiger partial charge in [0, 0.05) is 25.5 Å². The monoisotopic (exact) mass is 454 g/mol. The fourth-order valence-electron chi connectivity index (χ4n) is 6.39. The van der Waals surface area contributed by atoms with Crippen LogP contribution in [0.4, 0.5) is 0 Å². The van der Waals surface area contributed by atoms with Crippen molar-refractivity contribution in [1.29, 1.82) is 0 Å². The number of nitrogens with zero attached hydrogens (tertiary/aromatic N) is 1. The molecule has 2 spiro atoms. The lowest BCUT2D eigenvalue weighted by Gasteiger charge is -2.46. The summed E-state index contributed by atoms with van der Waals surface area (Å²) in [6, 6.07) is 6.90. The zero-order valence-electron chi connectivity index (χ0n) is 19.4. The predicted molar refractivity (Wildman–Crippen MR) is 128 cm³/mol. The molecule has 1 aliphatic heterocycles. The summed E-state index contributed by atoms with van der Waals surface area (Å²) in [6.07, 6.45) is 10.2. The topological polar surface area (TPSA) is 50.8 Å². The molecule has 0 aromatic heterocycles. The quantitative estimate of drug-likeness (QED) is 0.505. The van der Waals surface area contributed by atoms with Crippen LogP contribution in [0.5, 0.6) is 0 Å². The predicted octanol–water partition coefficient (Wildman–Crippen LogP) is 4.55. The lowest BCUT2D eigenvalue weighted by atomic mass is 9.61. The molecule has 1 unspecified atom stereocenters. The Labute approximate surface area is 196 Å². The molecule has 1 heterocycles. The third kappa shape index (κ3) is 3.21. The van der Waals surface area contributed by atoms with Gasteiger partial charge in [0.2, 0.25) is 0 Å². The smallest absolute Gasteiger partial charge is 0.259 e. The van der Waals surface area contributed by atoms with Gasteiger partial charge in [0.05, 0.1) is 19.0 Å². The highest BCUT2D eigenvalue weighted by atomic mass is 32.1. The van der Waals surface area contributed by atoms with Gasteiger partial charge in [0.25, 0.3) is 5.91 Å². The molecule has 1 aromatic rings. The Morgan fingerprint density at radius 1 is 1.25 bits per heavy atom. The SMILES string of the molecule is C/C=C(/CCN1C(=O)C2(NC1=S)c1cc(C3CC3)ccc1CC21CCC(OC)CC1)OC. The summed E-state index contributed by atoms with van der Waals surface area (Å²) in [5.41, 5.74) is 2.94. The van der Waals surface area contributed by atoms with Gasteiger partial charge in [-0.3, -0.25) is 9.69 Å². The van der Waals surface area contributed by atoms with Crippen molar-refractivity contribution < 1.29 is 14.3 Å². The van der Waals surface area contributed by atoms with E-state index in [2.05, 4.69) is 23.5 Å². The minimum Gasteiger partial charge on any atom is -0.501 e. The van der Waals surface area contributed by atoms with E-state index in [1.807, 2.05) is 13.0 Å². The van der Waals surface area contributed by atoms with E-state index in [1.165, 1.54) is 29.5 Å². The first-order valence-electron chi connectivity index (χ1n) is 12.0. The molecule has 0 radical (unpaired) electrons. The Morgan fingerprint density at radius 3 is 2.62 bits per heavy atom. The Kier molecular flexibility index (Phi) is 5.57. The third-order valence-electron chi connectivity index (χ3n) is 8.41. The number of fused-ring (bicyclic) bond motifs is 3. The number of amides is 1.